The molecule has 2 rings (SSSR count). The van der Waals surface area contributed by atoms with Gasteiger partial charge < -0.3 is 10.6 Å². The summed E-state index contributed by atoms with van der Waals surface area (Å²) in [7, 11) is 0. The van der Waals surface area contributed by atoms with Gasteiger partial charge in [0.2, 0.25) is 5.91 Å². The summed E-state index contributed by atoms with van der Waals surface area (Å²) in [5.74, 6) is -1.59. The van der Waals surface area contributed by atoms with Crippen LogP contribution in [-0.2, 0) is 4.79 Å². The van der Waals surface area contributed by atoms with Crippen molar-refractivity contribution in [2.24, 2.45) is 0 Å². The van der Waals surface area contributed by atoms with Gasteiger partial charge in [-0.15, -0.1) is 0 Å². The van der Waals surface area contributed by atoms with Gasteiger partial charge in [-0.05, 0) is 30.3 Å². The number of nitro groups is 1. The molecule has 0 atom stereocenters. The zero-order valence-corrected chi connectivity index (χ0v) is 12.7. The number of nitro benzene ring substituents is 1. The minimum Gasteiger partial charge on any atom is -0.326 e. The van der Waals surface area contributed by atoms with Crippen LogP contribution < -0.4 is 10.6 Å². The van der Waals surface area contributed by atoms with E-state index in [1.54, 1.807) is 19.1 Å². The van der Waals surface area contributed by atoms with Gasteiger partial charge in [0.15, 0.2) is 0 Å². The molecule has 0 unspecified atom stereocenters. The molecule has 0 saturated carbocycles. The lowest BCUT2D eigenvalue weighted by atomic mass is 10.1. The van der Waals surface area contributed by atoms with E-state index in [2.05, 4.69) is 10.6 Å². The Balaban J connectivity index is 2.23. The van der Waals surface area contributed by atoms with Crippen LogP contribution in [0.2, 0.25) is 0 Å². The van der Waals surface area contributed by atoms with E-state index in [0.29, 0.717) is 5.69 Å². The number of rotatable bonds is 5. The summed E-state index contributed by atoms with van der Waals surface area (Å²) in [6.07, 6.45) is 0.290. The third-order valence-electron chi connectivity index (χ3n) is 3.13. The van der Waals surface area contributed by atoms with E-state index in [-0.39, 0.29) is 23.6 Å². The molecular weight excluding hydrogens is 317 g/mol. The van der Waals surface area contributed by atoms with Crippen molar-refractivity contribution in [2.75, 3.05) is 10.6 Å². The number of anilines is 2. The largest absolute Gasteiger partial charge is 0.326 e. The number of halogens is 1. The third-order valence-corrected chi connectivity index (χ3v) is 3.13. The summed E-state index contributed by atoms with van der Waals surface area (Å²) in [5, 5.41) is 15.9. The molecule has 0 radical (unpaired) electrons. The quantitative estimate of drug-likeness (QED) is 0.648. The summed E-state index contributed by atoms with van der Waals surface area (Å²) in [4.78, 5) is 33.8. The van der Waals surface area contributed by atoms with Crippen molar-refractivity contribution in [3.63, 3.8) is 0 Å². The number of hydrogen-bond donors (Lipinski definition) is 2. The van der Waals surface area contributed by atoms with Crippen LogP contribution in [-0.4, -0.2) is 16.7 Å². The fourth-order valence-electron chi connectivity index (χ4n) is 1.94. The van der Waals surface area contributed by atoms with Crippen LogP contribution in [0.5, 0.6) is 0 Å². The SMILES string of the molecule is CCC(=O)Nc1cccc(C(=O)Nc2ccc(F)cc2[N+](=O)[O-])c1. The van der Waals surface area contributed by atoms with Gasteiger partial charge in [0, 0.05) is 17.7 Å². The van der Waals surface area contributed by atoms with Crippen molar-refractivity contribution in [1.29, 1.82) is 0 Å². The minimum atomic E-state index is -0.781. The molecular formula is C16H14FN3O4. The van der Waals surface area contributed by atoms with Crippen LogP contribution in [0, 0.1) is 15.9 Å². The molecule has 0 heterocycles. The summed E-state index contributed by atoms with van der Waals surface area (Å²) in [5.41, 5.74) is -0.0289. The van der Waals surface area contributed by atoms with Crippen molar-refractivity contribution < 1.29 is 18.9 Å². The molecule has 0 bridgehead atoms. The number of nitrogens with zero attached hydrogens (tertiary/aromatic N) is 1. The molecule has 24 heavy (non-hydrogen) atoms. The average molecular weight is 331 g/mol. The lowest BCUT2D eigenvalue weighted by Crippen LogP contribution is -2.14. The third kappa shape index (κ3) is 4.13. The number of carbonyl (C=O) groups is 2. The van der Waals surface area contributed by atoms with Gasteiger partial charge in [0.1, 0.15) is 11.5 Å². The molecule has 0 fully saturated rings. The average Bonchev–Trinajstić information content (AvgIpc) is 2.56. The van der Waals surface area contributed by atoms with Gasteiger partial charge in [-0.2, -0.15) is 0 Å². The molecule has 0 aliphatic carbocycles. The Kier molecular flexibility index (Phi) is 5.20. The lowest BCUT2D eigenvalue weighted by Gasteiger charge is -2.08. The highest BCUT2D eigenvalue weighted by atomic mass is 19.1. The molecule has 7 nitrogen and oxygen atoms in total. The number of hydrogen-bond acceptors (Lipinski definition) is 4. The smallest absolute Gasteiger partial charge is 0.295 e. The van der Waals surface area contributed by atoms with E-state index in [1.165, 1.54) is 12.1 Å². The fraction of sp³-hybridized carbons (Fsp3) is 0.125. The first-order valence-electron chi connectivity index (χ1n) is 7.06. The molecule has 124 valence electrons. The Morgan fingerprint density at radius 3 is 2.58 bits per heavy atom. The maximum Gasteiger partial charge on any atom is 0.295 e. The predicted octanol–water partition coefficient (Wildman–Crippen LogP) is 3.33. The van der Waals surface area contributed by atoms with Crippen LogP contribution in [0.1, 0.15) is 23.7 Å². The van der Waals surface area contributed by atoms with Crippen molar-refractivity contribution in [1.82, 2.24) is 0 Å². The molecule has 8 heteroatoms. The molecule has 0 aliphatic rings. The Bertz CT molecular complexity index is 808. The Hall–Kier alpha value is -3.29. The Morgan fingerprint density at radius 2 is 1.92 bits per heavy atom. The molecule has 2 aromatic rings. The second-order valence-corrected chi connectivity index (χ2v) is 4.86. The van der Waals surface area contributed by atoms with Gasteiger partial charge in [0.05, 0.1) is 11.0 Å². The molecule has 2 aromatic carbocycles. The standard InChI is InChI=1S/C16H14FN3O4/c1-2-15(21)18-12-5-3-4-10(8-12)16(22)19-13-7-6-11(17)9-14(13)20(23)24/h3-9H,2H2,1H3,(H,18,21)(H,19,22). The summed E-state index contributed by atoms with van der Waals surface area (Å²) in [6.45, 7) is 1.69. The highest BCUT2D eigenvalue weighted by Gasteiger charge is 2.18. The molecule has 0 aliphatic heterocycles. The highest BCUT2D eigenvalue weighted by molar-refractivity contribution is 6.06. The van der Waals surface area contributed by atoms with Crippen LogP contribution in [0.15, 0.2) is 42.5 Å². The van der Waals surface area contributed by atoms with Gasteiger partial charge in [-0.3, -0.25) is 19.7 Å². The zero-order valence-electron chi connectivity index (χ0n) is 12.7. The second kappa shape index (κ2) is 7.32. The summed E-state index contributed by atoms with van der Waals surface area (Å²) in [6, 6.07) is 8.98. The molecule has 0 saturated heterocycles. The van der Waals surface area contributed by atoms with Crippen LogP contribution in [0.25, 0.3) is 0 Å². The van der Waals surface area contributed by atoms with Crippen molar-refractivity contribution in [3.8, 4) is 0 Å². The van der Waals surface area contributed by atoms with E-state index in [1.807, 2.05) is 0 Å². The number of carbonyl (C=O) groups excluding carboxylic acids is 2. The van der Waals surface area contributed by atoms with Crippen molar-refractivity contribution in [3.05, 3.63) is 64.0 Å². The molecule has 2 N–H and O–H groups in total. The van der Waals surface area contributed by atoms with Gasteiger partial charge in [-0.25, -0.2) is 4.39 Å². The Morgan fingerprint density at radius 1 is 1.17 bits per heavy atom. The predicted molar refractivity (Wildman–Crippen MR) is 86.4 cm³/mol. The van der Waals surface area contributed by atoms with Gasteiger partial charge in [0.25, 0.3) is 11.6 Å². The van der Waals surface area contributed by atoms with Gasteiger partial charge >= 0.3 is 0 Å². The van der Waals surface area contributed by atoms with E-state index >= 15 is 0 Å². The van der Waals surface area contributed by atoms with E-state index in [4.69, 9.17) is 0 Å². The highest BCUT2D eigenvalue weighted by Crippen LogP contribution is 2.25. The number of benzene rings is 2. The monoisotopic (exact) mass is 331 g/mol. The Labute approximate surface area is 136 Å². The normalized spacial score (nSPS) is 10.1. The summed E-state index contributed by atoms with van der Waals surface area (Å²) < 4.78 is 13.1. The van der Waals surface area contributed by atoms with E-state index in [0.717, 1.165) is 18.2 Å². The van der Waals surface area contributed by atoms with Crippen molar-refractivity contribution in [2.45, 2.75) is 13.3 Å². The maximum atomic E-state index is 13.1. The summed E-state index contributed by atoms with van der Waals surface area (Å²) >= 11 is 0. The second-order valence-electron chi connectivity index (χ2n) is 4.86. The van der Waals surface area contributed by atoms with E-state index < -0.39 is 22.3 Å². The molecule has 2 amide bonds. The van der Waals surface area contributed by atoms with Crippen LogP contribution in [0.3, 0.4) is 0 Å². The van der Waals surface area contributed by atoms with Crippen LogP contribution >= 0.6 is 0 Å². The molecule has 0 aromatic heterocycles. The lowest BCUT2D eigenvalue weighted by molar-refractivity contribution is -0.384. The topological polar surface area (TPSA) is 101 Å². The maximum absolute atomic E-state index is 13.1. The fourth-order valence-corrected chi connectivity index (χ4v) is 1.94. The minimum absolute atomic E-state index is 0.116. The first kappa shape index (κ1) is 17.1. The zero-order chi connectivity index (χ0) is 17.7. The number of nitrogens with one attached hydrogen (secondary N) is 2. The van der Waals surface area contributed by atoms with E-state index in [9.17, 15) is 24.1 Å². The first-order valence-corrected chi connectivity index (χ1v) is 7.06. The molecule has 0 spiro atoms. The van der Waals surface area contributed by atoms with Gasteiger partial charge in [-0.1, -0.05) is 13.0 Å². The first-order chi connectivity index (χ1) is 11.4. The number of amides is 2. The van der Waals surface area contributed by atoms with Crippen LogP contribution in [0.4, 0.5) is 21.5 Å². The van der Waals surface area contributed by atoms with Crippen molar-refractivity contribution >= 4 is 28.9 Å².